The van der Waals surface area contributed by atoms with Gasteiger partial charge in [0, 0.05) is 17.6 Å². The zero-order chi connectivity index (χ0) is 23.0. The molecule has 0 bridgehead atoms. The number of carboxylic acid groups (broad SMARTS) is 1. The maximum atomic E-state index is 13.5. The molecule has 1 aromatic heterocycles. The van der Waals surface area contributed by atoms with Crippen molar-refractivity contribution in [1.29, 1.82) is 0 Å². The van der Waals surface area contributed by atoms with Crippen molar-refractivity contribution in [2.24, 2.45) is 0 Å². The number of hydrogen-bond acceptors (Lipinski definition) is 5. The second-order valence-corrected chi connectivity index (χ2v) is 7.78. The van der Waals surface area contributed by atoms with E-state index in [1.54, 1.807) is 31.2 Å². The SMILES string of the molecule is Cc1cc(NCC(O)(CN(C)C)C(F)(F)F)c2cnn(-c3cccc(C(=O)O)c3)c2c1. The number of nitrogens with one attached hydrogen (secondary N) is 1. The van der Waals surface area contributed by atoms with Crippen molar-refractivity contribution in [3.8, 4) is 5.69 Å². The first-order chi connectivity index (χ1) is 14.4. The molecule has 1 heterocycles. The lowest BCUT2D eigenvalue weighted by Gasteiger charge is -2.33. The molecule has 3 rings (SSSR count). The third kappa shape index (κ3) is 4.64. The van der Waals surface area contributed by atoms with Crippen LogP contribution in [-0.4, -0.2) is 69.8 Å². The van der Waals surface area contributed by atoms with Gasteiger partial charge in [0.05, 0.1) is 29.5 Å². The first-order valence-electron chi connectivity index (χ1n) is 9.41. The average Bonchev–Trinajstić information content (AvgIpc) is 3.08. The molecule has 31 heavy (non-hydrogen) atoms. The zero-order valence-electron chi connectivity index (χ0n) is 17.2. The van der Waals surface area contributed by atoms with Gasteiger partial charge in [0.15, 0.2) is 5.60 Å². The van der Waals surface area contributed by atoms with Gasteiger partial charge in [-0.3, -0.25) is 0 Å². The van der Waals surface area contributed by atoms with Crippen LogP contribution in [0.25, 0.3) is 16.6 Å². The van der Waals surface area contributed by atoms with E-state index >= 15 is 0 Å². The summed E-state index contributed by atoms with van der Waals surface area (Å²) in [5.41, 5.74) is -0.616. The summed E-state index contributed by atoms with van der Waals surface area (Å²) < 4.78 is 42.0. The maximum Gasteiger partial charge on any atom is 0.420 e. The number of aryl methyl sites for hydroxylation is 1. The highest BCUT2D eigenvalue weighted by atomic mass is 19.4. The van der Waals surface area contributed by atoms with Gasteiger partial charge in [0.2, 0.25) is 0 Å². The first kappa shape index (κ1) is 22.6. The Hall–Kier alpha value is -3.11. The molecular weight excluding hydrogens is 413 g/mol. The Kier molecular flexibility index (Phi) is 5.97. The minimum absolute atomic E-state index is 0.0890. The molecule has 3 aromatic rings. The number of rotatable bonds is 7. The maximum absolute atomic E-state index is 13.5. The number of anilines is 1. The fourth-order valence-corrected chi connectivity index (χ4v) is 3.40. The van der Waals surface area contributed by atoms with Crippen molar-refractivity contribution in [2.75, 3.05) is 32.5 Å². The van der Waals surface area contributed by atoms with Gasteiger partial charge in [0.1, 0.15) is 0 Å². The number of aromatic carboxylic acids is 1. The van der Waals surface area contributed by atoms with Gasteiger partial charge in [-0.1, -0.05) is 6.07 Å². The van der Waals surface area contributed by atoms with E-state index in [1.165, 1.54) is 42.0 Å². The summed E-state index contributed by atoms with van der Waals surface area (Å²) in [5.74, 6) is -1.08. The van der Waals surface area contributed by atoms with Crippen molar-refractivity contribution in [3.05, 3.63) is 53.7 Å². The van der Waals surface area contributed by atoms with E-state index in [-0.39, 0.29) is 5.56 Å². The fourth-order valence-electron chi connectivity index (χ4n) is 3.40. The lowest BCUT2D eigenvalue weighted by molar-refractivity contribution is -0.257. The van der Waals surface area contributed by atoms with E-state index in [0.717, 1.165) is 5.56 Å². The van der Waals surface area contributed by atoms with Gasteiger partial charge < -0.3 is 20.4 Å². The van der Waals surface area contributed by atoms with Gasteiger partial charge in [-0.05, 0) is 56.9 Å². The molecule has 10 heteroatoms. The van der Waals surface area contributed by atoms with Crippen LogP contribution in [0.5, 0.6) is 0 Å². The largest absolute Gasteiger partial charge is 0.478 e. The van der Waals surface area contributed by atoms with Gasteiger partial charge in [0.25, 0.3) is 0 Å². The number of alkyl halides is 3. The molecule has 0 aliphatic rings. The number of likely N-dealkylation sites (N-methyl/N-ethyl adjacent to an activating group) is 1. The van der Waals surface area contributed by atoms with E-state index in [0.29, 0.717) is 22.3 Å². The summed E-state index contributed by atoms with van der Waals surface area (Å²) >= 11 is 0. The van der Waals surface area contributed by atoms with E-state index in [9.17, 15) is 28.2 Å². The highest BCUT2D eigenvalue weighted by Gasteiger charge is 2.53. The predicted molar refractivity (Wildman–Crippen MR) is 111 cm³/mol. The lowest BCUT2D eigenvalue weighted by Crippen LogP contribution is -2.56. The van der Waals surface area contributed by atoms with Crippen LogP contribution in [0.1, 0.15) is 15.9 Å². The smallest absolute Gasteiger partial charge is 0.420 e. The summed E-state index contributed by atoms with van der Waals surface area (Å²) in [7, 11) is 2.91. The van der Waals surface area contributed by atoms with E-state index < -0.39 is 30.8 Å². The Morgan fingerprint density at radius 2 is 1.94 bits per heavy atom. The summed E-state index contributed by atoms with van der Waals surface area (Å²) in [6.07, 6.45) is -3.34. The number of benzene rings is 2. The third-order valence-corrected chi connectivity index (χ3v) is 4.85. The standard InChI is InChI=1S/C21H23F3N4O3/c1-13-7-17(25-11-20(31,12-27(2)3)21(22,23)24)16-10-26-28(18(16)8-13)15-6-4-5-14(9-15)19(29)30/h4-10,25,31H,11-12H2,1-3H3,(H,29,30). The average molecular weight is 436 g/mol. The number of halogens is 3. The minimum atomic E-state index is -4.82. The van der Waals surface area contributed by atoms with Crippen LogP contribution in [0.3, 0.4) is 0 Å². The molecule has 1 unspecified atom stereocenters. The van der Waals surface area contributed by atoms with E-state index in [2.05, 4.69) is 10.4 Å². The molecule has 0 saturated heterocycles. The summed E-state index contributed by atoms with van der Waals surface area (Å²) in [6.45, 7) is 0.442. The summed E-state index contributed by atoms with van der Waals surface area (Å²) in [5, 5.41) is 27.1. The number of fused-ring (bicyclic) bond motifs is 1. The Labute approximate surface area is 176 Å². The summed E-state index contributed by atoms with van der Waals surface area (Å²) in [4.78, 5) is 12.5. The third-order valence-electron chi connectivity index (χ3n) is 4.85. The predicted octanol–water partition coefficient (Wildman–Crippen LogP) is 3.30. The molecule has 3 N–H and O–H groups in total. The van der Waals surface area contributed by atoms with Crippen molar-refractivity contribution in [3.63, 3.8) is 0 Å². The number of aliphatic hydroxyl groups is 1. The first-order valence-corrected chi connectivity index (χ1v) is 9.41. The van der Waals surface area contributed by atoms with Crippen LogP contribution < -0.4 is 5.32 Å². The number of aromatic nitrogens is 2. The van der Waals surface area contributed by atoms with Gasteiger partial charge >= 0.3 is 12.1 Å². The highest BCUT2D eigenvalue weighted by Crippen LogP contribution is 2.33. The van der Waals surface area contributed by atoms with Crippen molar-refractivity contribution in [1.82, 2.24) is 14.7 Å². The minimum Gasteiger partial charge on any atom is -0.478 e. The molecule has 0 aliphatic carbocycles. The van der Waals surface area contributed by atoms with Crippen LogP contribution in [0, 0.1) is 6.92 Å². The van der Waals surface area contributed by atoms with Gasteiger partial charge in [-0.2, -0.15) is 18.3 Å². The monoisotopic (exact) mass is 436 g/mol. The van der Waals surface area contributed by atoms with Gasteiger partial charge in [-0.15, -0.1) is 0 Å². The molecule has 166 valence electrons. The topological polar surface area (TPSA) is 90.6 Å². The second-order valence-electron chi connectivity index (χ2n) is 7.78. The van der Waals surface area contributed by atoms with Crippen LogP contribution in [0.4, 0.5) is 18.9 Å². The normalized spacial score (nSPS) is 14.1. The van der Waals surface area contributed by atoms with Crippen LogP contribution in [0.2, 0.25) is 0 Å². The molecule has 0 fully saturated rings. The summed E-state index contributed by atoms with van der Waals surface area (Å²) in [6, 6.07) is 9.67. The highest BCUT2D eigenvalue weighted by molar-refractivity contribution is 5.93. The Morgan fingerprint density at radius 1 is 1.23 bits per heavy atom. The molecule has 1 atom stereocenters. The van der Waals surface area contributed by atoms with Crippen LogP contribution in [-0.2, 0) is 0 Å². The molecule has 0 spiro atoms. The van der Waals surface area contributed by atoms with Crippen LogP contribution >= 0.6 is 0 Å². The molecule has 0 aliphatic heterocycles. The quantitative estimate of drug-likeness (QED) is 0.527. The molecule has 0 radical (unpaired) electrons. The second kappa shape index (κ2) is 8.20. The van der Waals surface area contributed by atoms with E-state index in [1.807, 2.05) is 0 Å². The molecular formula is C21H23F3N4O3. The molecule has 7 nitrogen and oxygen atoms in total. The Balaban J connectivity index is 2.00. The van der Waals surface area contributed by atoms with Crippen molar-refractivity contribution < 1.29 is 28.2 Å². The number of hydrogen-bond donors (Lipinski definition) is 3. The van der Waals surface area contributed by atoms with Crippen molar-refractivity contribution >= 4 is 22.6 Å². The molecule has 0 saturated carbocycles. The zero-order valence-corrected chi connectivity index (χ0v) is 17.2. The van der Waals surface area contributed by atoms with Crippen molar-refractivity contribution in [2.45, 2.75) is 18.7 Å². The molecule has 2 aromatic carbocycles. The molecule has 0 amide bonds. The number of carboxylic acids is 1. The number of nitrogens with zero attached hydrogens (tertiary/aromatic N) is 3. The Bertz CT molecular complexity index is 1110. The fraction of sp³-hybridized carbons (Fsp3) is 0.333. The number of carbonyl (C=O) groups is 1. The van der Waals surface area contributed by atoms with Crippen LogP contribution in [0.15, 0.2) is 42.6 Å². The van der Waals surface area contributed by atoms with E-state index in [4.69, 9.17) is 0 Å². The Morgan fingerprint density at radius 3 is 2.55 bits per heavy atom. The van der Waals surface area contributed by atoms with Gasteiger partial charge in [-0.25, -0.2) is 9.48 Å². The lowest BCUT2D eigenvalue weighted by atomic mass is 10.0.